The van der Waals surface area contributed by atoms with Crippen molar-refractivity contribution in [1.29, 1.82) is 0 Å². The lowest BCUT2D eigenvalue weighted by Gasteiger charge is -2.21. The lowest BCUT2D eigenvalue weighted by Crippen LogP contribution is -2.37. The molecule has 1 aliphatic rings. The third-order valence-electron chi connectivity index (χ3n) is 5.73. The van der Waals surface area contributed by atoms with Gasteiger partial charge in [-0.1, -0.05) is 44.2 Å². The molecule has 166 valence electrons. The molecule has 1 fully saturated rings. The number of rotatable bonds is 8. The van der Waals surface area contributed by atoms with Crippen molar-refractivity contribution in [3.63, 3.8) is 0 Å². The van der Waals surface area contributed by atoms with Crippen LogP contribution in [0.15, 0.2) is 48.5 Å². The Hall–Kier alpha value is -3.02. The summed E-state index contributed by atoms with van der Waals surface area (Å²) in [5, 5.41) is 3.05. The molecule has 1 N–H and O–H groups in total. The molecule has 0 aliphatic carbocycles. The molecule has 2 atom stereocenters. The Balaban J connectivity index is 1.87. The van der Waals surface area contributed by atoms with Crippen LogP contribution in [-0.4, -0.2) is 50.6 Å². The van der Waals surface area contributed by atoms with Crippen molar-refractivity contribution < 1.29 is 19.1 Å². The number of hydrogen-bond acceptors (Lipinski definition) is 4. The van der Waals surface area contributed by atoms with Crippen molar-refractivity contribution in [3.05, 3.63) is 59.7 Å². The van der Waals surface area contributed by atoms with E-state index in [1.54, 1.807) is 19.1 Å². The molecule has 0 spiro atoms. The highest BCUT2D eigenvalue weighted by atomic mass is 16.5. The van der Waals surface area contributed by atoms with E-state index in [9.17, 15) is 9.59 Å². The van der Waals surface area contributed by atoms with Gasteiger partial charge in [0.25, 0.3) is 0 Å². The first-order chi connectivity index (χ1) is 14.9. The van der Waals surface area contributed by atoms with Gasteiger partial charge in [0, 0.05) is 31.1 Å². The number of methoxy groups -OCH3 is 2. The van der Waals surface area contributed by atoms with Crippen molar-refractivity contribution in [2.75, 3.05) is 33.9 Å². The van der Waals surface area contributed by atoms with Gasteiger partial charge in [-0.25, -0.2) is 0 Å². The summed E-state index contributed by atoms with van der Waals surface area (Å²) in [6, 6.07) is 15.3. The van der Waals surface area contributed by atoms with Gasteiger partial charge in [-0.05, 0) is 29.7 Å². The minimum atomic E-state index is -0.348. The molecule has 0 saturated carbocycles. The summed E-state index contributed by atoms with van der Waals surface area (Å²) < 4.78 is 11.0. The van der Waals surface area contributed by atoms with Gasteiger partial charge in [-0.2, -0.15) is 0 Å². The standard InChI is InChI=1S/C25H32N2O4/c1-17(2)14-26-25(29)22-16-27(24(28)12-18-8-6-5-7-9-18)15-21(22)20-13-19(30-3)10-11-23(20)31-4/h5-11,13,17,21-22H,12,14-16H2,1-4H3,(H,26,29)/t21-,22+/m0/s1. The van der Waals surface area contributed by atoms with Crippen molar-refractivity contribution >= 4 is 11.8 Å². The average Bonchev–Trinajstić information content (AvgIpc) is 3.23. The molecule has 2 aromatic carbocycles. The van der Waals surface area contributed by atoms with E-state index in [-0.39, 0.29) is 23.7 Å². The average molecular weight is 425 g/mol. The normalized spacial score (nSPS) is 18.2. The smallest absolute Gasteiger partial charge is 0.227 e. The van der Waals surface area contributed by atoms with Crippen LogP contribution in [0, 0.1) is 11.8 Å². The largest absolute Gasteiger partial charge is 0.497 e. The van der Waals surface area contributed by atoms with Crippen molar-refractivity contribution in [2.45, 2.75) is 26.2 Å². The third-order valence-corrected chi connectivity index (χ3v) is 5.73. The summed E-state index contributed by atoms with van der Waals surface area (Å²) in [4.78, 5) is 27.9. The number of nitrogens with one attached hydrogen (secondary N) is 1. The van der Waals surface area contributed by atoms with Crippen molar-refractivity contribution in [3.8, 4) is 11.5 Å². The first-order valence-electron chi connectivity index (χ1n) is 10.7. The number of carbonyl (C=O) groups excluding carboxylic acids is 2. The fourth-order valence-electron chi connectivity index (χ4n) is 4.04. The van der Waals surface area contributed by atoms with Gasteiger partial charge in [-0.3, -0.25) is 9.59 Å². The van der Waals surface area contributed by atoms with Crippen molar-refractivity contribution in [2.24, 2.45) is 11.8 Å². The summed E-state index contributed by atoms with van der Waals surface area (Å²) in [6.45, 7) is 5.59. The van der Waals surface area contributed by atoms with Crippen LogP contribution in [0.2, 0.25) is 0 Å². The minimum absolute atomic E-state index is 0.0252. The molecular weight excluding hydrogens is 392 g/mol. The van der Waals surface area contributed by atoms with Crippen LogP contribution in [0.4, 0.5) is 0 Å². The zero-order chi connectivity index (χ0) is 22.4. The van der Waals surface area contributed by atoms with Crippen LogP contribution in [0.5, 0.6) is 11.5 Å². The molecule has 1 heterocycles. The first-order valence-corrected chi connectivity index (χ1v) is 10.7. The molecule has 0 unspecified atom stereocenters. The fraction of sp³-hybridized carbons (Fsp3) is 0.440. The topological polar surface area (TPSA) is 67.9 Å². The number of hydrogen-bond donors (Lipinski definition) is 1. The van der Waals surface area contributed by atoms with Gasteiger partial charge < -0.3 is 19.7 Å². The van der Waals surface area contributed by atoms with Gasteiger partial charge in [0.05, 0.1) is 26.6 Å². The lowest BCUT2D eigenvalue weighted by molar-refractivity contribution is -0.130. The highest BCUT2D eigenvalue weighted by molar-refractivity contribution is 5.84. The van der Waals surface area contributed by atoms with Gasteiger partial charge in [-0.15, -0.1) is 0 Å². The van der Waals surface area contributed by atoms with Crippen LogP contribution in [0.25, 0.3) is 0 Å². The Bertz CT molecular complexity index is 898. The molecule has 0 aromatic heterocycles. The predicted octanol–water partition coefficient (Wildman–Crippen LogP) is 3.26. The van der Waals surface area contributed by atoms with Gasteiger partial charge in [0.2, 0.25) is 11.8 Å². The molecule has 0 radical (unpaired) electrons. The molecular formula is C25H32N2O4. The van der Waals surface area contributed by atoms with E-state index in [2.05, 4.69) is 19.2 Å². The quantitative estimate of drug-likeness (QED) is 0.706. The van der Waals surface area contributed by atoms with E-state index in [1.807, 2.05) is 48.5 Å². The number of nitrogens with zero attached hydrogens (tertiary/aromatic N) is 1. The second-order valence-electron chi connectivity index (χ2n) is 8.42. The Morgan fingerprint density at radius 1 is 1.06 bits per heavy atom. The molecule has 31 heavy (non-hydrogen) atoms. The number of benzene rings is 2. The van der Waals surface area contributed by atoms with E-state index in [0.717, 1.165) is 11.1 Å². The van der Waals surface area contributed by atoms with E-state index in [4.69, 9.17) is 9.47 Å². The van der Waals surface area contributed by atoms with E-state index >= 15 is 0 Å². The zero-order valence-corrected chi connectivity index (χ0v) is 18.8. The van der Waals surface area contributed by atoms with Crippen LogP contribution in [-0.2, 0) is 16.0 Å². The lowest BCUT2D eigenvalue weighted by atomic mass is 9.87. The van der Waals surface area contributed by atoms with Crippen LogP contribution >= 0.6 is 0 Å². The van der Waals surface area contributed by atoms with Gasteiger partial charge in [0.15, 0.2) is 0 Å². The highest BCUT2D eigenvalue weighted by Gasteiger charge is 2.41. The summed E-state index contributed by atoms with van der Waals surface area (Å²) >= 11 is 0. The maximum Gasteiger partial charge on any atom is 0.227 e. The molecule has 6 nitrogen and oxygen atoms in total. The summed E-state index contributed by atoms with van der Waals surface area (Å²) in [7, 11) is 3.23. The molecule has 6 heteroatoms. The Kier molecular flexibility index (Phi) is 7.55. The SMILES string of the molecule is COc1ccc(OC)c([C@@H]2CN(C(=O)Cc3ccccc3)C[C@H]2C(=O)NCC(C)C)c1. The number of ether oxygens (including phenoxy) is 2. The Morgan fingerprint density at radius 3 is 2.45 bits per heavy atom. The predicted molar refractivity (Wildman–Crippen MR) is 120 cm³/mol. The summed E-state index contributed by atoms with van der Waals surface area (Å²) in [5.41, 5.74) is 1.86. The second kappa shape index (κ2) is 10.3. The van der Waals surface area contributed by atoms with Crippen LogP contribution < -0.4 is 14.8 Å². The monoisotopic (exact) mass is 424 g/mol. The molecule has 2 amide bonds. The summed E-state index contributed by atoms with van der Waals surface area (Å²) in [6.07, 6.45) is 0.323. The first kappa shape index (κ1) is 22.7. The highest BCUT2D eigenvalue weighted by Crippen LogP contribution is 2.39. The maximum absolute atomic E-state index is 13.1. The van der Waals surface area contributed by atoms with Crippen molar-refractivity contribution in [1.82, 2.24) is 10.2 Å². The number of amides is 2. The Labute approximate surface area is 184 Å². The van der Waals surface area contributed by atoms with E-state index in [0.29, 0.717) is 43.5 Å². The molecule has 3 rings (SSSR count). The Morgan fingerprint density at radius 2 is 1.81 bits per heavy atom. The molecule has 0 bridgehead atoms. The van der Waals surface area contributed by atoms with Gasteiger partial charge in [0.1, 0.15) is 11.5 Å². The zero-order valence-electron chi connectivity index (χ0n) is 18.8. The summed E-state index contributed by atoms with van der Waals surface area (Å²) in [5.74, 6) is 1.23. The fourth-order valence-corrected chi connectivity index (χ4v) is 4.04. The molecule has 1 saturated heterocycles. The molecule has 2 aromatic rings. The van der Waals surface area contributed by atoms with E-state index in [1.165, 1.54) is 0 Å². The second-order valence-corrected chi connectivity index (χ2v) is 8.42. The maximum atomic E-state index is 13.1. The van der Waals surface area contributed by atoms with E-state index < -0.39 is 0 Å². The van der Waals surface area contributed by atoms with Gasteiger partial charge >= 0.3 is 0 Å². The number of likely N-dealkylation sites (tertiary alicyclic amines) is 1. The third kappa shape index (κ3) is 5.57. The number of carbonyl (C=O) groups is 2. The minimum Gasteiger partial charge on any atom is -0.497 e. The van der Waals surface area contributed by atoms with Crippen LogP contribution in [0.3, 0.4) is 0 Å². The molecule has 1 aliphatic heterocycles. The van der Waals surface area contributed by atoms with Crippen LogP contribution in [0.1, 0.15) is 30.9 Å².